The summed E-state index contributed by atoms with van der Waals surface area (Å²) in [5, 5.41) is 2.86. The van der Waals surface area contributed by atoms with Gasteiger partial charge in [-0.05, 0) is 54.4 Å². The molecule has 46 heavy (non-hydrogen) atoms. The molecule has 0 bridgehead atoms. The molecule has 0 aliphatic rings. The molecule has 4 aromatic rings. The topological polar surface area (TPSA) is 114 Å². The van der Waals surface area contributed by atoms with Crippen molar-refractivity contribution in [3.63, 3.8) is 0 Å². The second kappa shape index (κ2) is 15.8. The van der Waals surface area contributed by atoms with Crippen LogP contribution < -0.4 is 23.8 Å². The Morgan fingerprint density at radius 2 is 1.41 bits per heavy atom. The first-order valence-corrected chi connectivity index (χ1v) is 16.2. The van der Waals surface area contributed by atoms with Gasteiger partial charge in [0, 0.05) is 25.6 Å². The van der Waals surface area contributed by atoms with E-state index in [1.54, 1.807) is 62.6 Å². The van der Waals surface area contributed by atoms with E-state index in [4.69, 9.17) is 14.2 Å². The van der Waals surface area contributed by atoms with Crippen molar-refractivity contribution < 1.29 is 32.2 Å². The standard InChI is InChI=1S/C35H39N3O7S/c1-5-36-35(40)31(22-26-13-8-6-9-14-26)37(24-27-15-12-18-29(21-27)43-2)34(39)25-38(28-16-10-7-11-17-28)46(41,42)30-19-20-32(44-3)33(23-30)45-4/h6-21,23,31H,5,22,24-25H2,1-4H3,(H,36,40). The Bertz CT molecular complexity index is 1720. The van der Waals surface area contributed by atoms with E-state index in [0.717, 1.165) is 9.87 Å². The maximum absolute atomic E-state index is 14.5. The number of nitrogens with zero attached hydrogens (tertiary/aromatic N) is 2. The Morgan fingerprint density at radius 3 is 2.04 bits per heavy atom. The summed E-state index contributed by atoms with van der Waals surface area (Å²) in [5.41, 5.74) is 1.84. The predicted octanol–water partition coefficient (Wildman–Crippen LogP) is 4.68. The smallest absolute Gasteiger partial charge is 0.264 e. The van der Waals surface area contributed by atoms with Gasteiger partial charge in [0.25, 0.3) is 10.0 Å². The van der Waals surface area contributed by atoms with Gasteiger partial charge in [-0.3, -0.25) is 13.9 Å². The predicted molar refractivity (Wildman–Crippen MR) is 177 cm³/mol. The molecule has 10 nitrogen and oxygen atoms in total. The first kappa shape index (κ1) is 33.9. The average molecular weight is 646 g/mol. The normalized spacial score (nSPS) is 11.7. The number of benzene rings is 4. The molecular formula is C35H39N3O7S. The highest BCUT2D eigenvalue weighted by molar-refractivity contribution is 7.92. The molecule has 11 heteroatoms. The molecule has 0 spiro atoms. The van der Waals surface area contributed by atoms with E-state index in [9.17, 15) is 18.0 Å². The fourth-order valence-electron chi connectivity index (χ4n) is 5.04. The van der Waals surface area contributed by atoms with Gasteiger partial charge in [0.2, 0.25) is 11.8 Å². The molecule has 2 amide bonds. The third-order valence-electron chi connectivity index (χ3n) is 7.38. The fourth-order valence-corrected chi connectivity index (χ4v) is 6.47. The minimum atomic E-state index is -4.31. The Hall–Kier alpha value is -5.03. The molecule has 1 atom stereocenters. The molecule has 0 saturated carbocycles. The van der Waals surface area contributed by atoms with E-state index in [-0.39, 0.29) is 35.2 Å². The summed E-state index contributed by atoms with van der Waals surface area (Å²) in [7, 11) is 0.109. The van der Waals surface area contributed by atoms with Gasteiger partial charge in [-0.25, -0.2) is 8.42 Å². The molecular weight excluding hydrogens is 606 g/mol. The first-order valence-electron chi connectivity index (χ1n) is 14.8. The van der Waals surface area contributed by atoms with E-state index in [2.05, 4.69) is 5.32 Å². The Morgan fingerprint density at radius 1 is 0.761 bits per heavy atom. The van der Waals surface area contributed by atoms with Gasteiger partial charge in [0.15, 0.2) is 11.5 Å². The van der Waals surface area contributed by atoms with E-state index in [1.165, 1.54) is 37.3 Å². The number of sulfonamides is 1. The number of ether oxygens (including phenoxy) is 3. The van der Waals surface area contributed by atoms with Crippen molar-refractivity contribution in [2.24, 2.45) is 0 Å². The quantitative estimate of drug-likeness (QED) is 0.200. The summed E-state index contributed by atoms with van der Waals surface area (Å²) in [4.78, 5) is 29.5. The second-order valence-electron chi connectivity index (χ2n) is 10.3. The number of carbonyl (C=O) groups is 2. The Balaban J connectivity index is 1.81. The van der Waals surface area contributed by atoms with Gasteiger partial charge in [-0.15, -0.1) is 0 Å². The third kappa shape index (κ3) is 8.16. The average Bonchev–Trinajstić information content (AvgIpc) is 3.09. The molecule has 0 heterocycles. The zero-order chi connectivity index (χ0) is 33.1. The van der Waals surface area contributed by atoms with Gasteiger partial charge < -0.3 is 24.4 Å². The maximum Gasteiger partial charge on any atom is 0.264 e. The van der Waals surface area contributed by atoms with Crippen LogP contribution in [0.15, 0.2) is 108 Å². The van der Waals surface area contributed by atoms with E-state index in [1.807, 2.05) is 36.4 Å². The van der Waals surface area contributed by atoms with Crippen molar-refractivity contribution in [3.8, 4) is 17.2 Å². The SMILES string of the molecule is CCNC(=O)C(Cc1ccccc1)N(Cc1cccc(OC)c1)C(=O)CN(c1ccccc1)S(=O)(=O)c1ccc(OC)c(OC)c1. The molecule has 0 fully saturated rings. The van der Waals surface area contributed by atoms with Crippen LogP contribution in [0.25, 0.3) is 0 Å². The lowest BCUT2D eigenvalue weighted by molar-refractivity contribution is -0.140. The molecule has 1 N–H and O–H groups in total. The number of amides is 2. The molecule has 242 valence electrons. The van der Waals surface area contributed by atoms with Crippen LogP contribution in [-0.4, -0.2) is 65.6 Å². The number of nitrogens with one attached hydrogen (secondary N) is 1. The molecule has 4 rings (SSSR count). The monoisotopic (exact) mass is 645 g/mol. The molecule has 0 aliphatic heterocycles. The van der Waals surface area contributed by atoms with Crippen molar-refractivity contribution in [2.45, 2.75) is 30.8 Å². The Labute approximate surface area is 270 Å². The van der Waals surface area contributed by atoms with Crippen LogP contribution >= 0.6 is 0 Å². The zero-order valence-corrected chi connectivity index (χ0v) is 27.2. The summed E-state index contributed by atoms with van der Waals surface area (Å²) in [6.07, 6.45) is 0.218. The highest BCUT2D eigenvalue weighted by Gasteiger charge is 2.35. The number of para-hydroxylation sites is 1. The Kier molecular flexibility index (Phi) is 11.6. The van der Waals surface area contributed by atoms with Crippen LogP contribution in [-0.2, 0) is 32.6 Å². The number of carbonyl (C=O) groups excluding carboxylic acids is 2. The lowest BCUT2D eigenvalue weighted by Gasteiger charge is -2.34. The van der Waals surface area contributed by atoms with Crippen molar-refractivity contribution in [1.29, 1.82) is 0 Å². The van der Waals surface area contributed by atoms with Crippen LogP contribution in [0, 0.1) is 0 Å². The van der Waals surface area contributed by atoms with Gasteiger partial charge in [-0.2, -0.15) is 0 Å². The van der Waals surface area contributed by atoms with Crippen molar-refractivity contribution in [3.05, 3.63) is 114 Å². The van der Waals surface area contributed by atoms with Crippen molar-refractivity contribution >= 4 is 27.5 Å². The first-order chi connectivity index (χ1) is 22.2. The summed E-state index contributed by atoms with van der Waals surface area (Å²) in [6, 6.07) is 28.3. The van der Waals surface area contributed by atoms with Crippen LogP contribution in [0.1, 0.15) is 18.1 Å². The molecule has 0 radical (unpaired) electrons. The highest BCUT2D eigenvalue weighted by atomic mass is 32.2. The van der Waals surface area contributed by atoms with Crippen LogP contribution in [0.5, 0.6) is 17.2 Å². The molecule has 4 aromatic carbocycles. The minimum absolute atomic E-state index is 0.0315. The van der Waals surface area contributed by atoms with Crippen molar-refractivity contribution in [1.82, 2.24) is 10.2 Å². The summed E-state index contributed by atoms with van der Waals surface area (Å²) in [6.45, 7) is 1.62. The zero-order valence-electron chi connectivity index (χ0n) is 26.4. The number of rotatable bonds is 15. The van der Waals surface area contributed by atoms with E-state index >= 15 is 0 Å². The number of methoxy groups -OCH3 is 3. The van der Waals surface area contributed by atoms with Crippen LogP contribution in [0.4, 0.5) is 5.69 Å². The van der Waals surface area contributed by atoms with Gasteiger partial charge in [-0.1, -0.05) is 60.7 Å². The second-order valence-corrected chi connectivity index (χ2v) is 12.2. The summed E-state index contributed by atoms with van der Waals surface area (Å²) in [5.74, 6) is 0.254. The van der Waals surface area contributed by atoms with E-state index in [0.29, 0.717) is 23.6 Å². The van der Waals surface area contributed by atoms with Gasteiger partial charge in [0.05, 0.1) is 31.9 Å². The van der Waals surface area contributed by atoms with Crippen LogP contribution in [0.3, 0.4) is 0 Å². The number of anilines is 1. The van der Waals surface area contributed by atoms with Crippen LogP contribution in [0.2, 0.25) is 0 Å². The summed E-state index contributed by atoms with van der Waals surface area (Å²) >= 11 is 0. The lowest BCUT2D eigenvalue weighted by atomic mass is 10.0. The van der Waals surface area contributed by atoms with Gasteiger partial charge >= 0.3 is 0 Å². The number of hydrogen-bond donors (Lipinski definition) is 1. The van der Waals surface area contributed by atoms with Crippen molar-refractivity contribution in [2.75, 3.05) is 38.7 Å². The highest BCUT2D eigenvalue weighted by Crippen LogP contribution is 2.32. The molecule has 0 aliphatic carbocycles. The molecule has 0 aromatic heterocycles. The minimum Gasteiger partial charge on any atom is -0.497 e. The maximum atomic E-state index is 14.5. The lowest BCUT2D eigenvalue weighted by Crippen LogP contribution is -2.53. The molecule has 1 unspecified atom stereocenters. The number of hydrogen-bond acceptors (Lipinski definition) is 7. The number of likely N-dealkylation sites (N-methyl/N-ethyl adjacent to an activating group) is 1. The largest absolute Gasteiger partial charge is 0.497 e. The third-order valence-corrected chi connectivity index (χ3v) is 9.15. The van der Waals surface area contributed by atoms with Gasteiger partial charge in [0.1, 0.15) is 18.3 Å². The van der Waals surface area contributed by atoms with E-state index < -0.39 is 28.5 Å². The fraction of sp³-hybridized carbons (Fsp3) is 0.257. The summed E-state index contributed by atoms with van der Waals surface area (Å²) < 4.78 is 45.6. The molecule has 0 saturated heterocycles.